The van der Waals surface area contributed by atoms with Gasteiger partial charge in [0.1, 0.15) is 4.34 Å². The van der Waals surface area contributed by atoms with Crippen LogP contribution >= 0.6 is 22.9 Å². The van der Waals surface area contributed by atoms with Gasteiger partial charge in [0, 0.05) is 4.70 Å². The molecule has 1 aliphatic rings. The van der Waals surface area contributed by atoms with Gasteiger partial charge in [0.25, 0.3) is 0 Å². The van der Waals surface area contributed by atoms with Crippen LogP contribution in [0, 0.1) is 0 Å². The van der Waals surface area contributed by atoms with Crippen molar-refractivity contribution in [3.63, 3.8) is 0 Å². The number of carbonyl (C=O) groups excluding carboxylic acids is 1. The normalized spacial score (nSPS) is 13.4. The van der Waals surface area contributed by atoms with Gasteiger partial charge in [-0.2, -0.15) is 0 Å². The highest BCUT2D eigenvalue weighted by Crippen LogP contribution is 2.45. The van der Waals surface area contributed by atoms with E-state index in [1.807, 2.05) is 12.1 Å². The Bertz CT molecular complexity index is 561. The molecule has 1 aliphatic heterocycles. The van der Waals surface area contributed by atoms with Crippen molar-refractivity contribution in [2.24, 2.45) is 0 Å². The zero-order valence-corrected chi connectivity index (χ0v) is 9.02. The number of hydrogen-bond acceptors (Lipinski definition) is 4. The smallest absolute Gasteiger partial charge is 0.231 e. The van der Waals surface area contributed by atoms with Crippen molar-refractivity contribution in [3.8, 4) is 11.5 Å². The van der Waals surface area contributed by atoms with Gasteiger partial charge in [-0.05, 0) is 12.1 Å². The number of hydrogen-bond donors (Lipinski definition) is 0. The van der Waals surface area contributed by atoms with Crippen molar-refractivity contribution >= 4 is 39.3 Å². The Morgan fingerprint density at radius 2 is 2.27 bits per heavy atom. The van der Waals surface area contributed by atoms with Crippen molar-refractivity contribution in [1.29, 1.82) is 0 Å². The van der Waals surface area contributed by atoms with Gasteiger partial charge < -0.3 is 9.47 Å². The first kappa shape index (κ1) is 9.00. The van der Waals surface area contributed by atoms with Crippen LogP contribution in [-0.4, -0.2) is 13.1 Å². The first-order valence-electron chi connectivity index (χ1n) is 4.27. The molecule has 0 radical (unpaired) electrons. The Morgan fingerprint density at radius 1 is 1.40 bits per heavy atom. The topological polar surface area (TPSA) is 35.5 Å². The van der Waals surface area contributed by atoms with Crippen molar-refractivity contribution in [1.82, 2.24) is 0 Å². The van der Waals surface area contributed by atoms with E-state index in [0.29, 0.717) is 21.4 Å². The summed E-state index contributed by atoms with van der Waals surface area (Å²) in [6.45, 7) is 0.195. The van der Waals surface area contributed by atoms with Gasteiger partial charge in [0.05, 0.1) is 10.9 Å². The number of fused-ring (bicyclic) bond motifs is 3. The number of rotatable bonds is 1. The largest absolute Gasteiger partial charge is 0.454 e. The number of aldehydes is 1. The van der Waals surface area contributed by atoms with Crippen LogP contribution in [0.3, 0.4) is 0 Å². The Kier molecular flexibility index (Phi) is 1.87. The number of carbonyl (C=O) groups is 1. The molecule has 0 amide bonds. The Hall–Kier alpha value is -1.26. The van der Waals surface area contributed by atoms with Crippen LogP contribution in [-0.2, 0) is 0 Å². The maximum atomic E-state index is 10.9. The van der Waals surface area contributed by atoms with Crippen LogP contribution in [0.4, 0.5) is 0 Å². The quantitative estimate of drug-likeness (QED) is 0.719. The molecule has 2 heterocycles. The van der Waals surface area contributed by atoms with Gasteiger partial charge in [-0.3, -0.25) is 4.79 Å². The molecule has 76 valence electrons. The predicted molar refractivity (Wildman–Crippen MR) is 58.3 cm³/mol. The van der Waals surface area contributed by atoms with Gasteiger partial charge >= 0.3 is 0 Å². The lowest BCUT2D eigenvalue weighted by Crippen LogP contribution is -1.93. The summed E-state index contributed by atoms with van der Waals surface area (Å²) in [4.78, 5) is 10.9. The molecule has 0 bridgehead atoms. The molecule has 0 saturated heterocycles. The maximum absolute atomic E-state index is 10.9. The lowest BCUT2D eigenvalue weighted by atomic mass is 10.1. The van der Waals surface area contributed by atoms with E-state index in [-0.39, 0.29) is 6.79 Å². The average Bonchev–Trinajstić information content (AvgIpc) is 2.78. The van der Waals surface area contributed by atoms with Crippen LogP contribution in [0.1, 0.15) is 10.4 Å². The Morgan fingerprint density at radius 3 is 3.07 bits per heavy atom. The SMILES string of the molecule is O=Cc1c(Cl)sc2ccc3c(c12)OCO3. The summed E-state index contributed by atoms with van der Waals surface area (Å²) >= 11 is 7.33. The zero-order valence-electron chi connectivity index (χ0n) is 7.45. The molecule has 1 aromatic heterocycles. The number of thiophene rings is 1. The lowest BCUT2D eigenvalue weighted by Gasteiger charge is -1.97. The van der Waals surface area contributed by atoms with Crippen LogP contribution in [0.5, 0.6) is 11.5 Å². The van der Waals surface area contributed by atoms with Gasteiger partial charge in [-0.15, -0.1) is 11.3 Å². The third kappa shape index (κ3) is 1.15. The van der Waals surface area contributed by atoms with Crippen molar-refractivity contribution < 1.29 is 14.3 Å². The molecule has 3 rings (SSSR count). The molecule has 0 unspecified atom stereocenters. The third-order valence-corrected chi connectivity index (χ3v) is 3.69. The monoisotopic (exact) mass is 240 g/mol. The minimum atomic E-state index is 0.195. The van der Waals surface area contributed by atoms with Crippen LogP contribution in [0.15, 0.2) is 12.1 Å². The summed E-state index contributed by atoms with van der Waals surface area (Å²) in [7, 11) is 0. The molecule has 0 spiro atoms. The summed E-state index contributed by atoms with van der Waals surface area (Å²) in [5.74, 6) is 1.29. The second-order valence-electron chi connectivity index (χ2n) is 3.08. The van der Waals surface area contributed by atoms with Gasteiger partial charge in [0.15, 0.2) is 17.8 Å². The standard InChI is InChI=1S/C10H5ClO3S/c11-10-5(3-12)8-7(15-10)2-1-6-9(8)14-4-13-6/h1-3H,4H2. The van der Waals surface area contributed by atoms with Crippen molar-refractivity contribution in [2.75, 3.05) is 6.79 Å². The summed E-state index contributed by atoms with van der Waals surface area (Å²) in [6.07, 6.45) is 0.753. The minimum Gasteiger partial charge on any atom is -0.454 e. The molecule has 2 aromatic rings. The fraction of sp³-hybridized carbons (Fsp3) is 0.100. The fourth-order valence-electron chi connectivity index (χ4n) is 1.65. The number of halogens is 1. The van der Waals surface area contributed by atoms with Gasteiger partial charge in [0.2, 0.25) is 6.79 Å². The second-order valence-corrected chi connectivity index (χ2v) is 4.73. The summed E-state index contributed by atoms with van der Waals surface area (Å²) < 4.78 is 12.0. The molecule has 1 aromatic carbocycles. The molecule has 5 heteroatoms. The minimum absolute atomic E-state index is 0.195. The van der Waals surface area contributed by atoms with E-state index >= 15 is 0 Å². The molecule has 0 atom stereocenters. The number of benzene rings is 1. The summed E-state index contributed by atoms with van der Waals surface area (Å²) in [5, 5.41) is 0.759. The molecule has 0 N–H and O–H groups in total. The van der Waals surface area contributed by atoms with E-state index in [2.05, 4.69) is 0 Å². The molecule has 0 fully saturated rings. The lowest BCUT2D eigenvalue weighted by molar-refractivity contribution is 0.112. The predicted octanol–water partition coefficient (Wildman–Crippen LogP) is 3.10. The molecular weight excluding hydrogens is 236 g/mol. The van der Waals surface area contributed by atoms with E-state index in [4.69, 9.17) is 21.1 Å². The first-order chi connectivity index (χ1) is 7.31. The third-order valence-electron chi connectivity index (χ3n) is 2.30. The van der Waals surface area contributed by atoms with E-state index < -0.39 is 0 Å². The molecule has 15 heavy (non-hydrogen) atoms. The second kappa shape index (κ2) is 3.12. The highest BCUT2D eigenvalue weighted by atomic mass is 35.5. The van der Waals surface area contributed by atoms with Crippen LogP contribution in [0.25, 0.3) is 10.1 Å². The fourth-order valence-corrected chi connectivity index (χ4v) is 2.93. The van der Waals surface area contributed by atoms with Crippen molar-refractivity contribution in [3.05, 3.63) is 22.0 Å². The zero-order chi connectivity index (χ0) is 10.4. The average molecular weight is 241 g/mol. The highest BCUT2D eigenvalue weighted by Gasteiger charge is 2.22. The number of ether oxygens (including phenoxy) is 2. The molecule has 0 saturated carbocycles. The van der Waals surface area contributed by atoms with E-state index in [0.717, 1.165) is 16.4 Å². The van der Waals surface area contributed by atoms with E-state index in [1.165, 1.54) is 11.3 Å². The first-order valence-corrected chi connectivity index (χ1v) is 5.46. The van der Waals surface area contributed by atoms with E-state index in [1.54, 1.807) is 0 Å². The van der Waals surface area contributed by atoms with Gasteiger partial charge in [-0.1, -0.05) is 11.6 Å². The summed E-state index contributed by atoms with van der Waals surface area (Å²) in [5.41, 5.74) is 0.485. The maximum Gasteiger partial charge on any atom is 0.231 e. The van der Waals surface area contributed by atoms with Crippen LogP contribution < -0.4 is 9.47 Å². The Labute approximate surface area is 94.2 Å². The van der Waals surface area contributed by atoms with Crippen molar-refractivity contribution in [2.45, 2.75) is 0 Å². The highest BCUT2D eigenvalue weighted by molar-refractivity contribution is 7.23. The molecule has 0 aliphatic carbocycles. The summed E-state index contributed by atoms with van der Waals surface area (Å²) in [6, 6.07) is 3.71. The van der Waals surface area contributed by atoms with Crippen LogP contribution in [0.2, 0.25) is 4.34 Å². The Balaban J connectivity index is 2.47. The van der Waals surface area contributed by atoms with E-state index in [9.17, 15) is 4.79 Å². The molecular formula is C10H5ClO3S. The molecule has 3 nitrogen and oxygen atoms in total. The van der Waals surface area contributed by atoms with Gasteiger partial charge in [-0.25, -0.2) is 0 Å².